The number of sulfonamides is 1. The summed E-state index contributed by atoms with van der Waals surface area (Å²) in [6, 6.07) is 3.99. The summed E-state index contributed by atoms with van der Waals surface area (Å²) in [5, 5.41) is 14.2. The Labute approximate surface area is 137 Å². The molecule has 1 atom stereocenters. The Morgan fingerprint density at radius 1 is 1.48 bits per heavy atom. The standard InChI is InChI=1S/C11H14BrN3O4S.ClH/c1-8-7-14(5-4-13-8)20(18,19)11-3-2-9(12)6-10(11)15(16)17;/h2-3,6,8,13H,4-5,7H2,1H3;1H. The van der Waals surface area contributed by atoms with Gasteiger partial charge < -0.3 is 5.32 Å². The van der Waals surface area contributed by atoms with E-state index in [0.717, 1.165) is 0 Å². The molecule has 0 bridgehead atoms. The van der Waals surface area contributed by atoms with Gasteiger partial charge in [0.1, 0.15) is 0 Å². The Kier molecular flexibility index (Phi) is 6.11. The van der Waals surface area contributed by atoms with Crippen molar-refractivity contribution >= 4 is 44.0 Å². The van der Waals surface area contributed by atoms with Crippen molar-refractivity contribution in [2.24, 2.45) is 0 Å². The van der Waals surface area contributed by atoms with Crippen LogP contribution < -0.4 is 5.32 Å². The van der Waals surface area contributed by atoms with Crippen LogP contribution in [0.1, 0.15) is 6.92 Å². The lowest BCUT2D eigenvalue weighted by Gasteiger charge is -2.30. The Hall–Kier alpha value is -0.740. The monoisotopic (exact) mass is 399 g/mol. The normalized spacial score (nSPS) is 19.8. The highest BCUT2D eigenvalue weighted by Crippen LogP contribution is 2.30. The fraction of sp³-hybridized carbons (Fsp3) is 0.455. The van der Waals surface area contributed by atoms with Gasteiger partial charge in [-0.3, -0.25) is 10.1 Å². The van der Waals surface area contributed by atoms with Crippen molar-refractivity contribution in [1.82, 2.24) is 9.62 Å². The molecule has 1 aromatic carbocycles. The van der Waals surface area contributed by atoms with Crippen LogP contribution in [0.15, 0.2) is 27.6 Å². The summed E-state index contributed by atoms with van der Waals surface area (Å²) in [5.41, 5.74) is -0.412. The van der Waals surface area contributed by atoms with Crippen LogP contribution in [0.4, 0.5) is 5.69 Å². The molecule has 1 fully saturated rings. The quantitative estimate of drug-likeness (QED) is 0.616. The van der Waals surface area contributed by atoms with Gasteiger partial charge >= 0.3 is 0 Å². The van der Waals surface area contributed by atoms with E-state index in [4.69, 9.17) is 0 Å². The molecule has 10 heteroatoms. The Morgan fingerprint density at radius 2 is 2.14 bits per heavy atom. The van der Waals surface area contributed by atoms with Crippen molar-refractivity contribution < 1.29 is 13.3 Å². The first kappa shape index (κ1) is 18.3. The van der Waals surface area contributed by atoms with Crippen LogP contribution in [0.25, 0.3) is 0 Å². The fourth-order valence-electron chi connectivity index (χ4n) is 2.11. The van der Waals surface area contributed by atoms with Crippen molar-refractivity contribution in [3.05, 3.63) is 32.8 Å². The van der Waals surface area contributed by atoms with E-state index in [9.17, 15) is 18.5 Å². The molecule has 0 saturated carbocycles. The van der Waals surface area contributed by atoms with E-state index in [1.807, 2.05) is 6.92 Å². The average Bonchev–Trinajstić information content (AvgIpc) is 2.38. The van der Waals surface area contributed by atoms with Gasteiger partial charge in [0.15, 0.2) is 4.90 Å². The van der Waals surface area contributed by atoms with Crippen molar-refractivity contribution in [2.45, 2.75) is 17.9 Å². The van der Waals surface area contributed by atoms with Crippen LogP contribution in [0.3, 0.4) is 0 Å². The SMILES string of the molecule is CC1CN(S(=O)(=O)c2ccc(Br)cc2[N+](=O)[O-])CCN1.Cl. The minimum Gasteiger partial charge on any atom is -0.312 e. The van der Waals surface area contributed by atoms with E-state index >= 15 is 0 Å². The Bertz CT molecular complexity index is 640. The van der Waals surface area contributed by atoms with Crippen molar-refractivity contribution in [3.8, 4) is 0 Å². The average molecular weight is 401 g/mol. The molecule has 0 amide bonds. The summed E-state index contributed by atoms with van der Waals surface area (Å²) in [6.45, 7) is 3.01. The Morgan fingerprint density at radius 3 is 2.71 bits per heavy atom. The summed E-state index contributed by atoms with van der Waals surface area (Å²) in [4.78, 5) is 10.1. The topological polar surface area (TPSA) is 92.5 Å². The first-order chi connectivity index (χ1) is 9.32. The molecule has 0 spiro atoms. The van der Waals surface area contributed by atoms with Crippen LogP contribution >= 0.6 is 28.3 Å². The number of rotatable bonds is 3. The molecule has 1 N–H and O–H groups in total. The zero-order valence-corrected chi connectivity index (χ0v) is 14.4. The predicted molar refractivity (Wildman–Crippen MR) is 84.3 cm³/mol. The lowest BCUT2D eigenvalue weighted by atomic mass is 10.3. The van der Waals surface area contributed by atoms with E-state index < -0.39 is 20.6 Å². The highest BCUT2D eigenvalue weighted by Gasteiger charge is 2.33. The third kappa shape index (κ3) is 3.92. The molecule has 1 aromatic rings. The molecular weight excluding hydrogens is 386 g/mol. The maximum atomic E-state index is 12.5. The van der Waals surface area contributed by atoms with E-state index in [1.54, 1.807) is 0 Å². The number of hydrogen-bond donors (Lipinski definition) is 1. The van der Waals surface area contributed by atoms with Gasteiger partial charge in [0.05, 0.1) is 4.92 Å². The first-order valence-corrected chi connectivity index (χ1v) is 8.23. The van der Waals surface area contributed by atoms with Crippen molar-refractivity contribution in [3.63, 3.8) is 0 Å². The minimum absolute atomic E-state index is 0. The second-order valence-electron chi connectivity index (χ2n) is 4.59. The van der Waals surface area contributed by atoms with Crippen molar-refractivity contribution in [1.29, 1.82) is 0 Å². The van der Waals surface area contributed by atoms with Gasteiger partial charge in [-0.25, -0.2) is 8.42 Å². The molecule has 1 aliphatic rings. The van der Waals surface area contributed by atoms with Gasteiger partial charge in [0.25, 0.3) is 5.69 Å². The van der Waals surface area contributed by atoms with Crippen molar-refractivity contribution in [2.75, 3.05) is 19.6 Å². The first-order valence-electron chi connectivity index (χ1n) is 6.00. The summed E-state index contributed by atoms with van der Waals surface area (Å²) < 4.78 is 26.8. The fourth-order valence-corrected chi connectivity index (χ4v) is 4.12. The number of benzene rings is 1. The number of nitrogens with one attached hydrogen (secondary N) is 1. The second-order valence-corrected chi connectivity index (χ2v) is 7.41. The zero-order chi connectivity index (χ0) is 14.9. The molecular formula is C11H15BrClN3O4S. The number of halogens is 2. The molecule has 1 unspecified atom stereocenters. The third-order valence-electron chi connectivity index (χ3n) is 3.07. The van der Waals surface area contributed by atoms with Gasteiger partial charge in [-0.15, -0.1) is 12.4 Å². The van der Waals surface area contributed by atoms with Crippen LogP contribution in [0.5, 0.6) is 0 Å². The summed E-state index contributed by atoms with van der Waals surface area (Å²) >= 11 is 3.11. The molecule has 118 valence electrons. The van der Waals surface area contributed by atoms with Crippen LogP contribution in [0.2, 0.25) is 0 Å². The number of nitrogens with zero attached hydrogens (tertiary/aromatic N) is 2. The molecule has 0 radical (unpaired) electrons. The lowest BCUT2D eigenvalue weighted by Crippen LogP contribution is -2.51. The highest BCUT2D eigenvalue weighted by molar-refractivity contribution is 9.10. The third-order valence-corrected chi connectivity index (χ3v) is 5.47. The highest BCUT2D eigenvalue weighted by atomic mass is 79.9. The zero-order valence-electron chi connectivity index (χ0n) is 11.2. The minimum atomic E-state index is -3.86. The van der Waals surface area contributed by atoms with E-state index in [-0.39, 0.29) is 23.3 Å². The Balaban J connectivity index is 0.00000220. The van der Waals surface area contributed by atoms with Gasteiger partial charge in [-0.2, -0.15) is 4.31 Å². The van der Waals surface area contributed by atoms with E-state index in [0.29, 0.717) is 24.1 Å². The largest absolute Gasteiger partial charge is 0.312 e. The maximum Gasteiger partial charge on any atom is 0.290 e. The number of hydrogen-bond acceptors (Lipinski definition) is 5. The number of nitro groups is 1. The number of nitro benzene ring substituents is 1. The van der Waals surface area contributed by atoms with Gasteiger partial charge in [-0.1, -0.05) is 15.9 Å². The van der Waals surface area contributed by atoms with Crippen LogP contribution in [-0.2, 0) is 10.0 Å². The second kappa shape index (κ2) is 7.01. The molecule has 1 heterocycles. The molecule has 2 rings (SSSR count). The lowest BCUT2D eigenvalue weighted by molar-refractivity contribution is -0.387. The molecule has 1 saturated heterocycles. The molecule has 7 nitrogen and oxygen atoms in total. The van der Waals surface area contributed by atoms with E-state index in [2.05, 4.69) is 21.2 Å². The van der Waals surface area contributed by atoms with Crippen LogP contribution in [-0.4, -0.2) is 43.3 Å². The predicted octanol–water partition coefficient (Wildman–Crippen LogP) is 1.76. The van der Waals surface area contributed by atoms with Crippen LogP contribution in [0, 0.1) is 10.1 Å². The maximum absolute atomic E-state index is 12.5. The molecule has 0 aliphatic carbocycles. The summed E-state index contributed by atoms with van der Waals surface area (Å²) in [5.74, 6) is 0. The van der Waals surface area contributed by atoms with Gasteiger partial charge in [-0.05, 0) is 19.1 Å². The smallest absolute Gasteiger partial charge is 0.290 e. The van der Waals surface area contributed by atoms with Gasteiger partial charge in [0.2, 0.25) is 10.0 Å². The molecule has 21 heavy (non-hydrogen) atoms. The number of piperazine rings is 1. The van der Waals surface area contributed by atoms with Gasteiger partial charge in [0, 0.05) is 36.2 Å². The summed E-state index contributed by atoms with van der Waals surface area (Å²) in [6.07, 6.45) is 0. The summed E-state index contributed by atoms with van der Waals surface area (Å²) in [7, 11) is -3.86. The molecule has 0 aromatic heterocycles. The van der Waals surface area contributed by atoms with E-state index in [1.165, 1.54) is 22.5 Å². The molecule has 1 aliphatic heterocycles.